The second-order valence-electron chi connectivity index (χ2n) is 7.94. The van der Waals surface area contributed by atoms with Crippen molar-refractivity contribution in [1.82, 2.24) is 9.55 Å². The molecule has 1 aliphatic rings. The fourth-order valence-corrected chi connectivity index (χ4v) is 3.87. The summed E-state index contributed by atoms with van der Waals surface area (Å²) in [5.74, 6) is 0. The number of aliphatic hydroxyl groups is 1. The standard InChI is InChI=1S/C16H28N2O5Si/c1-10-8-18(15(21)17-14(10)20)13-7-11(12(9-19)22-13)23-24(5,6)16(2,3)4/h8,11-13,19H,7,9H2,1-6H3,(H,17,20,21)/t11?,12-,13?/m1/s1. The van der Waals surface area contributed by atoms with E-state index in [0.717, 1.165) is 0 Å². The number of rotatable bonds is 4. The van der Waals surface area contributed by atoms with Crippen LogP contribution in [0, 0.1) is 6.92 Å². The molecule has 0 aliphatic carbocycles. The Morgan fingerprint density at radius 1 is 1.42 bits per heavy atom. The van der Waals surface area contributed by atoms with E-state index in [-0.39, 0.29) is 17.7 Å². The van der Waals surface area contributed by atoms with E-state index in [0.29, 0.717) is 12.0 Å². The molecule has 3 atom stereocenters. The van der Waals surface area contributed by atoms with Crippen LogP contribution in [0.1, 0.15) is 39.0 Å². The van der Waals surface area contributed by atoms with E-state index in [1.807, 2.05) is 0 Å². The molecule has 8 heteroatoms. The molecule has 0 saturated carbocycles. The highest BCUT2D eigenvalue weighted by atomic mass is 28.4. The summed E-state index contributed by atoms with van der Waals surface area (Å²) in [4.78, 5) is 25.9. The van der Waals surface area contributed by atoms with Crippen LogP contribution in [0.3, 0.4) is 0 Å². The highest BCUT2D eigenvalue weighted by Gasteiger charge is 2.45. The summed E-state index contributed by atoms with van der Waals surface area (Å²) in [5, 5.41) is 9.67. The molecular weight excluding hydrogens is 328 g/mol. The van der Waals surface area contributed by atoms with Crippen LogP contribution in [0.15, 0.2) is 15.8 Å². The molecule has 0 radical (unpaired) electrons. The smallest absolute Gasteiger partial charge is 0.330 e. The number of H-pyrrole nitrogens is 1. The van der Waals surface area contributed by atoms with Crippen LogP contribution in [0.4, 0.5) is 0 Å². The summed E-state index contributed by atoms with van der Waals surface area (Å²) < 4.78 is 13.6. The number of ether oxygens (including phenoxy) is 1. The van der Waals surface area contributed by atoms with Crippen molar-refractivity contribution in [2.75, 3.05) is 6.61 Å². The molecule has 136 valence electrons. The minimum absolute atomic E-state index is 0.0382. The van der Waals surface area contributed by atoms with Crippen LogP contribution in [-0.2, 0) is 9.16 Å². The van der Waals surface area contributed by atoms with Gasteiger partial charge in [-0.25, -0.2) is 4.79 Å². The molecule has 0 amide bonds. The number of nitrogens with zero attached hydrogens (tertiary/aromatic N) is 1. The first kappa shape index (κ1) is 19.1. The topological polar surface area (TPSA) is 93.6 Å². The number of aromatic nitrogens is 2. The van der Waals surface area contributed by atoms with Crippen LogP contribution in [0.25, 0.3) is 0 Å². The van der Waals surface area contributed by atoms with E-state index in [1.165, 1.54) is 10.8 Å². The Bertz CT molecular complexity index is 704. The van der Waals surface area contributed by atoms with E-state index >= 15 is 0 Å². The maximum absolute atomic E-state index is 12.1. The SMILES string of the molecule is Cc1cn(C2CC(O[Si](C)(C)C(C)(C)C)[C@@H](CO)O2)c(=O)[nH]c1=O. The van der Waals surface area contributed by atoms with E-state index in [2.05, 4.69) is 38.8 Å². The van der Waals surface area contributed by atoms with Crippen LogP contribution in [0.2, 0.25) is 18.1 Å². The molecule has 1 aromatic heterocycles. The lowest BCUT2D eigenvalue weighted by molar-refractivity contribution is -0.0439. The summed E-state index contributed by atoms with van der Waals surface area (Å²) in [6, 6.07) is 0. The van der Waals surface area contributed by atoms with Crippen molar-refractivity contribution in [3.05, 3.63) is 32.6 Å². The monoisotopic (exact) mass is 356 g/mol. The maximum atomic E-state index is 12.1. The molecule has 7 nitrogen and oxygen atoms in total. The molecule has 1 aliphatic heterocycles. The Morgan fingerprint density at radius 2 is 2.04 bits per heavy atom. The summed E-state index contributed by atoms with van der Waals surface area (Å²) in [7, 11) is -2.03. The summed E-state index contributed by atoms with van der Waals surface area (Å²) in [6.07, 6.45) is 0.640. The van der Waals surface area contributed by atoms with Gasteiger partial charge in [-0.1, -0.05) is 20.8 Å². The Morgan fingerprint density at radius 3 is 2.58 bits per heavy atom. The number of aryl methyl sites for hydroxylation is 1. The zero-order valence-electron chi connectivity index (χ0n) is 15.3. The molecule has 2 unspecified atom stereocenters. The first-order valence-corrected chi connectivity index (χ1v) is 11.1. The molecule has 2 N–H and O–H groups in total. The van der Waals surface area contributed by atoms with E-state index in [4.69, 9.17) is 9.16 Å². The lowest BCUT2D eigenvalue weighted by atomic mass is 10.2. The van der Waals surface area contributed by atoms with Gasteiger partial charge in [0.15, 0.2) is 8.32 Å². The van der Waals surface area contributed by atoms with Crippen molar-refractivity contribution in [3.8, 4) is 0 Å². The minimum atomic E-state index is -2.03. The molecular formula is C16H28N2O5Si. The highest BCUT2D eigenvalue weighted by molar-refractivity contribution is 6.74. The number of hydrogen-bond donors (Lipinski definition) is 2. The average Bonchev–Trinajstić information content (AvgIpc) is 2.83. The predicted molar refractivity (Wildman–Crippen MR) is 93.7 cm³/mol. The Balaban J connectivity index is 2.25. The molecule has 1 saturated heterocycles. The molecule has 0 bridgehead atoms. The van der Waals surface area contributed by atoms with Gasteiger partial charge in [0.1, 0.15) is 12.3 Å². The minimum Gasteiger partial charge on any atom is -0.411 e. The molecule has 24 heavy (non-hydrogen) atoms. The van der Waals surface area contributed by atoms with Gasteiger partial charge in [-0.2, -0.15) is 0 Å². The van der Waals surface area contributed by atoms with Gasteiger partial charge >= 0.3 is 5.69 Å². The Kier molecular flexibility index (Phi) is 5.24. The number of aliphatic hydroxyl groups excluding tert-OH is 1. The number of nitrogens with one attached hydrogen (secondary N) is 1. The van der Waals surface area contributed by atoms with Crippen molar-refractivity contribution in [2.45, 2.75) is 70.7 Å². The van der Waals surface area contributed by atoms with Gasteiger partial charge in [-0.05, 0) is 25.1 Å². The van der Waals surface area contributed by atoms with Gasteiger partial charge in [-0.3, -0.25) is 14.3 Å². The largest absolute Gasteiger partial charge is 0.411 e. The highest BCUT2D eigenvalue weighted by Crippen LogP contribution is 2.40. The van der Waals surface area contributed by atoms with E-state index in [9.17, 15) is 14.7 Å². The number of hydrogen-bond acceptors (Lipinski definition) is 5. The average molecular weight is 356 g/mol. The Hall–Kier alpha value is -1.22. The lowest BCUT2D eigenvalue weighted by Gasteiger charge is -2.39. The van der Waals surface area contributed by atoms with E-state index < -0.39 is 31.9 Å². The molecule has 0 spiro atoms. The molecule has 0 aromatic carbocycles. The molecule has 1 aromatic rings. The first-order valence-electron chi connectivity index (χ1n) is 8.22. The quantitative estimate of drug-likeness (QED) is 0.798. The van der Waals surface area contributed by atoms with Crippen molar-refractivity contribution in [1.29, 1.82) is 0 Å². The van der Waals surface area contributed by atoms with E-state index in [1.54, 1.807) is 6.92 Å². The molecule has 2 rings (SSSR count). The second kappa shape index (κ2) is 6.59. The maximum Gasteiger partial charge on any atom is 0.330 e. The summed E-state index contributed by atoms with van der Waals surface area (Å²) >= 11 is 0. The van der Waals surface area contributed by atoms with Gasteiger partial charge in [0, 0.05) is 18.2 Å². The van der Waals surface area contributed by atoms with Crippen LogP contribution in [-0.4, -0.2) is 41.8 Å². The summed E-state index contributed by atoms with van der Waals surface area (Å²) in [6.45, 7) is 12.2. The van der Waals surface area contributed by atoms with Crippen molar-refractivity contribution < 1.29 is 14.3 Å². The van der Waals surface area contributed by atoms with Crippen LogP contribution >= 0.6 is 0 Å². The Labute approximate surface area is 142 Å². The predicted octanol–water partition coefficient (Wildman–Crippen LogP) is 1.52. The van der Waals surface area contributed by atoms with Crippen molar-refractivity contribution in [2.24, 2.45) is 0 Å². The second-order valence-corrected chi connectivity index (χ2v) is 12.7. The van der Waals surface area contributed by atoms with Gasteiger partial charge in [0.25, 0.3) is 5.56 Å². The normalized spacial score (nSPS) is 25.2. The third-order valence-corrected chi connectivity index (χ3v) is 9.57. The fourth-order valence-electron chi connectivity index (χ4n) is 2.51. The zero-order valence-corrected chi connectivity index (χ0v) is 16.3. The third kappa shape index (κ3) is 3.71. The summed E-state index contributed by atoms with van der Waals surface area (Å²) in [5.41, 5.74) is -0.477. The van der Waals surface area contributed by atoms with Gasteiger partial charge < -0.3 is 14.3 Å². The van der Waals surface area contributed by atoms with Gasteiger partial charge in [0.05, 0.1) is 12.7 Å². The third-order valence-electron chi connectivity index (χ3n) is 5.07. The first-order chi connectivity index (χ1) is 11.0. The zero-order chi connectivity index (χ0) is 18.3. The van der Waals surface area contributed by atoms with Gasteiger partial charge in [0.2, 0.25) is 0 Å². The van der Waals surface area contributed by atoms with Crippen LogP contribution < -0.4 is 11.2 Å². The number of aromatic amines is 1. The molecule has 1 fully saturated rings. The van der Waals surface area contributed by atoms with Crippen LogP contribution in [0.5, 0.6) is 0 Å². The van der Waals surface area contributed by atoms with Crippen molar-refractivity contribution in [3.63, 3.8) is 0 Å². The fraction of sp³-hybridized carbons (Fsp3) is 0.750. The van der Waals surface area contributed by atoms with Gasteiger partial charge in [-0.15, -0.1) is 0 Å². The molecule has 2 heterocycles. The van der Waals surface area contributed by atoms with Crippen molar-refractivity contribution >= 4 is 8.32 Å². The lowest BCUT2D eigenvalue weighted by Crippen LogP contribution is -2.46.